The second kappa shape index (κ2) is 8.52. The van der Waals surface area contributed by atoms with E-state index in [0.717, 1.165) is 35.9 Å². The minimum atomic E-state index is -4.50. The second-order valence-corrected chi connectivity index (χ2v) is 17.8. The zero-order valence-electron chi connectivity index (χ0n) is 21.6. The van der Waals surface area contributed by atoms with Gasteiger partial charge in [-0.1, -0.05) is 20.8 Å². The normalized spacial score (nSPS) is 20.9. The van der Waals surface area contributed by atoms with Crippen LogP contribution in [-0.4, -0.2) is 34.1 Å². The molecule has 0 unspecified atom stereocenters. The van der Waals surface area contributed by atoms with E-state index < -0.39 is 20.2 Å². The zero-order chi connectivity index (χ0) is 26.2. The second-order valence-electron chi connectivity index (χ2n) is 11.8. The van der Waals surface area contributed by atoms with E-state index >= 15 is 0 Å². The van der Waals surface area contributed by atoms with Gasteiger partial charge in [-0.25, -0.2) is 4.98 Å². The maximum absolute atomic E-state index is 13.3. The first-order valence-corrected chi connectivity index (χ1v) is 16.2. The van der Waals surface area contributed by atoms with E-state index in [2.05, 4.69) is 43.9 Å². The Kier molecular flexibility index (Phi) is 6.07. The summed E-state index contributed by atoms with van der Waals surface area (Å²) in [5, 5.41) is 3.96. The van der Waals surface area contributed by atoms with Crippen molar-refractivity contribution in [1.29, 1.82) is 0 Å². The van der Waals surface area contributed by atoms with Crippen LogP contribution < -0.4 is 5.56 Å². The molecule has 3 heterocycles. The van der Waals surface area contributed by atoms with Crippen molar-refractivity contribution in [1.82, 2.24) is 19.2 Å². The fourth-order valence-corrected chi connectivity index (χ4v) is 6.63. The average molecular weight is 539 g/mol. The van der Waals surface area contributed by atoms with Gasteiger partial charge >= 0.3 is 6.18 Å². The van der Waals surface area contributed by atoms with Crippen LogP contribution in [0.3, 0.4) is 0 Å². The molecule has 0 N–H and O–H groups in total. The zero-order valence-corrected chi connectivity index (χ0v) is 23.4. The maximum atomic E-state index is 13.3. The van der Waals surface area contributed by atoms with Crippen molar-refractivity contribution in [2.75, 3.05) is 6.61 Å². The number of aromatic nitrogens is 4. The van der Waals surface area contributed by atoms with Gasteiger partial charge in [0.15, 0.2) is 19.0 Å². The number of nitrogens with zero attached hydrogens (tertiary/aromatic N) is 4. The van der Waals surface area contributed by atoms with E-state index in [1.54, 1.807) is 4.40 Å². The molecule has 2 saturated carbocycles. The Bertz CT molecular complexity index is 1360. The van der Waals surface area contributed by atoms with E-state index in [1.807, 2.05) is 6.92 Å². The first-order valence-electron chi connectivity index (χ1n) is 12.5. The maximum Gasteiger partial charge on any atom is 0.435 e. The number of alkyl halides is 3. The number of hydrogen-bond acceptors (Lipinski definition) is 5. The van der Waals surface area contributed by atoms with Gasteiger partial charge in [-0.2, -0.15) is 18.3 Å². The summed E-state index contributed by atoms with van der Waals surface area (Å²) in [5.74, 6) is 0.735. The first kappa shape index (κ1) is 25.7. The molecular weight excluding hydrogens is 505 g/mol. The van der Waals surface area contributed by atoms with Crippen molar-refractivity contribution >= 4 is 24.6 Å². The third-order valence-corrected chi connectivity index (χ3v) is 13.4. The molecule has 2 aliphatic carbocycles. The molecule has 0 aliphatic heterocycles. The lowest BCUT2D eigenvalue weighted by Gasteiger charge is -2.36. The predicted molar refractivity (Wildman–Crippen MR) is 136 cm³/mol. The summed E-state index contributed by atoms with van der Waals surface area (Å²) in [7, 11) is -1.84. The van der Waals surface area contributed by atoms with Crippen LogP contribution in [0.5, 0.6) is 0 Å². The highest BCUT2D eigenvalue weighted by atomic mass is 32.1. The topological polar surface area (TPSA) is 61.4 Å². The Labute approximate surface area is 213 Å². The summed E-state index contributed by atoms with van der Waals surface area (Å²) in [6, 6.07) is 2.58. The van der Waals surface area contributed by atoms with Crippen LogP contribution in [0.2, 0.25) is 18.1 Å². The quantitative estimate of drug-likeness (QED) is 0.330. The highest BCUT2D eigenvalue weighted by Crippen LogP contribution is 2.50. The third kappa shape index (κ3) is 4.81. The molecular formula is C25H33F3N4O2SSi. The molecule has 0 radical (unpaired) electrons. The van der Waals surface area contributed by atoms with Crippen LogP contribution >= 0.6 is 11.3 Å². The Balaban J connectivity index is 1.38. The molecule has 0 spiro atoms. The van der Waals surface area contributed by atoms with Crippen LogP contribution in [0.15, 0.2) is 16.9 Å². The van der Waals surface area contributed by atoms with E-state index in [9.17, 15) is 18.0 Å². The molecule has 5 rings (SSSR count). The lowest BCUT2D eigenvalue weighted by molar-refractivity contribution is -0.141. The van der Waals surface area contributed by atoms with Crippen molar-refractivity contribution in [3.8, 4) is 0 Å². The highest BCUT2D eigenvalue weighted by Gasteiger charge is 2.45. The van der Waals surface area contributed by atoms with Gasteiger partial charge in [0.25, 0.3) is 5.56 Å². The fourth-order valence-electron chi connectivity index (χ4n) is 4.51. The summed E-state index contributed by atoms with van der Waals surface area (Å²) in [4.78, 5) is 19.5. The molecule has 2 fully saturated rings. The van der Waals surface area contributed by atoms with Crippen LogP contribution in [0.1, 0.15) is 79.5 Å². The van der Waals surface area contributed by atoms with E-state index in [1.165, 1.54) is 22.1 Å². The van der Waals surface area contributed by atoms with Crippen molar-refractivity contribution in [3.05, 3.63) is 50.1 Å². The van der Waals surface area contributed by atoms with E-state index in [4.69, 9.17) is 4.43 Å². The van der Waals surface area contributed by atoms with E-state index in [-0.39, 0.29) is 29.0 Å². The summed E-state index contributed by atoms with van der Waals surface area (Å²) in [5.41, 5.74) is 0.910. The lowest BCUT2D eigenvalue weighted by atomic mass is 10.2. The van der Waals surface area contributed by atoms with Crippen molar-refractivity contribution in [2.24, 2.45) is 5.92 Å². The van der Waals surface area contributed by atoms with E-state index in [0.29, 0.717) is 28.9 Å². The molecule has 0 saturated heterocycles. The summed E-state index contributed by atoms with van der Waals surface area (Å²) in [6.07, 6.45) is -1.81. The third-order valence-electron chi connectivity index (χ3n) is 7.93. The Morgan fingerprint density at radius 1 is 1.19 bits per heavy atom. The molecule has 3 aromatic rings. The molecule has 0 amide bonds. The summed E-state index contributed by atoms with van der Waals surface area (Å²) in [6.45, 7) is 13.9. The standard InChI is InChI=1S/C25H33F3N4O2SSi/c1-14-22(18-9-16(18)13-34-36(5,6)24(2,3)4)32-21(33)10-17(29-23(32)35-14)12-31-19(15-7-8-15)11-20(30-31)25(26,27)28/h10-11,15-16,18H,7-9,12-13H2,1-6H3/t16-,18+/m0/s1. The molecule has 2 aliphatic rings. The van der Waals surface area contributed by atoms with Gasteiger partial charge < -0.3 is 4.43 Å². The van der Waals surface area contributed by atoms with Crippen LogP contribution in [0.25, 0.3) is 4.96 Å². The van der Waals surface area contributed by atoms with Gasteiger partial charge in [0.05, 0.1) is 12.2 Å². The largest absolute Gasteiger partial charge is 0.435 e. The number of aryl methyl sites for hydroxylation is 1. The Hall–Kier alpha value is -1.98. The molecule has 3 aromatic heterocycles. The van der Waals surface area contributed by atoms with Crippen LogP contribution in [-0.2, 0) is 17.1 Å². The predicted octanol–water partition coefficient (Wildman–Crippen LogP) is 6.33. The van der Waals surface area contributed by atoms with Crippen LogP contribution in [0, 0.1) is 12.8 Å². The fraction of sp³-hybridized carbons (Fsp3) is 0.640. The van der Waals surface area contributed by atoms with Gasteiger partial charge in [0.1, 0.15) is 0 Å². The molecule has 2 atom stereocenters. The minimum absolute atomic E-state index is 0.0480. The molecule has 6 nitrogen and oxygen atoms in total. The average Bonchev–Trinajstić information content (AvgIpc) is 3.65. The first-order chi connectivity index (χ1) is 16.7. The van der Waals surface area contributed by atoms with Gasteiger partial charge in [-0.3, -0.25) is 13.9 Å². The molecule has 0 aromatic carbocycles. The Morgan fingerprint density at radius 2 is 1.89 bits per heavy atom. The molecule has 196 valence electrons. The van der Waals surface area contributed by atoms with Crippen molar-refractivity contribution in [2.45, 2.75) is 89.6 Å². The van der Waals surface area contributed by atoms with Gasteiger partial charge in [0.2, 0.25) is 0 Å². The molecule has 11 heteroatoms. The number of hydrogen-bond donors (Lipinski definition) is 0. The SMILES string of the molecule is Cc1sc2nc(Cn3nc(C(F)(F)F)cc3C3CC3)cc(=O)n2c1[C@@H]1C[C@H]1CO[Si](C)(C)C(C)(C)C. The Morgan fingerprint density at radius 3 is 2.50 bits per heavy atom. The lowest BCUT2D eigenvalue weighted by Crippen LogP contribution is -2.41. The van der Waals surface area contributed by atoms with Crippen LogP contribution in [0.4, 0.5) is 13.2 Å². The number of halogens is 3. The molecule has 36 heavy (non-hydrogen) atoms. The van der Waals surface area contributed by atoms with Crippen molar-refractivity contribution in [3.63, 3.8) is 0 Å². The number of rotatable bonds is 7. The summed E-state index contributed by atoms with van der Waals surface area (Å²) < 4.78 is 49.3. The van der Waals surface area contributed by atoms with Gasteiger partial charge in [-0.05, 0) is 56.3 Å². The smallest absolute Gasteiger partial charge is 0.417 e. The number of thiazole rings is 1. The van der Waals surface area contributed by atoms with Gasteiger partial charge in [0, 0.05) is 40.8 Å². The molecule has 0 bridgehead atoms. The highest BCUT2D eigenvalue weighted by molar-refractivity contribution is 7.17. The number of fused-ring (bicyclic) bond motifs is 1. The summed E-state index contributed by atoms with van der Waals surface area (Å²) >= 11 is 1.46. The minimum Gasteiger partial charge on any atom is -0.417 e. The van der Waals surface area contributed by atoms with Gasteiger partial charge in [-0.15, -0.1) is 11.3 Å². The van der Waals surface area contributed by atoms with Crippen molar-refractivity contribution < 1.29 is 17.6 Å². The monoisotopic (exact) mass is 538 g/mol.